The number of esters is 4. The molecule has 1 amide bonds. The summed E-state index contributed by atoms with van der Waals surface area (Å²) in [6, 6.07) is 14.4. The molecule has 3 rings (SSSR count). The van der Waals surface area contributed by atoms with Crippen LogP contribution in [0, 0.1) is 0 Å². The van der Waals surface area contributed by atoms with Crippen LogP contribution in [0.4, 0.5) is 4.79 Å². The molecule has 1 aliphatic rings. The molecule has 0 unspecified atom stereocenters. The van der Waals surface area contributed by atoms with Gasteiger partial charge in [0.2, 0.25) is 0 Å². The number of amides is 1. The van der Waals surface area contributed by atoms with Crippen LogP contribution in [0.2, 0.25) is 0 Å². The quantitative estimate of drug-likeness (QED) is 0.231. The Bertz CT molecular complexity index is 1280. The van der Waals surface area contributed by atoms with Crippen molar-refractivity contribution in [2.75, 3.05) is 6.61 Å². The highest BCUT2D eigenvalue weighted by atomic mass is 16.6. The first-order chi connectivity index (χ1) is 20.0. The van der Waals surface area contributed by atoms with Gasteiger partial charge in [-0.2, -0.15) is 0 Å². The van der Waals surface area contributed by atoms with E-state index in [0.29, 0.717) is 11.1 Å². The van der Waals surface area contributed by atoms with E-state index in [9.17, 15) is 28.8 Å². The third-order valence-electron chi connectivity index (χ3n) is 6.39. The smallest absolute Gasteiger partial charge is 0.411 e. The SMILES string of the molecule is CC(=O)OC[C@@H]1[C@@H](OC(C)=O)[C@H](OC(C)=O)[C@@H](OC(C)=O)[C@@H](CC(=O)c2ccccc2)N1C(=O)OCc1ccccc1. The maximum absolute atomic E-state index is 13.8. The van der Waals surface area contributed by atoms with Crippen LogP contribution >= 0.6 is 0 Å². The third kappa shape index (κ3) is 8.63. The second-order valence-electron chi connectivity index (χ2n) is 9.60. The lowest BCUT2D eigenvalue weighted by Crippen LogP contribution is -2.71. The first-order valence-electron chi connectivity index (χ1n) is 13.2. The highest BCUT2D eigenvalue weighted by molar-refractivity contribution is 5.96. The maximum atomic E-state index is 13.8. The van der Waals surface area contributed by atoms with Gasteiger partial charge in [-0.1, -0.05) is 60.7 Å². The zero-order valence-electron chi connectivity index (χ0n) is 23.7. The summed E-state index contributed by atoms with van der Waals surface area (Å²) in [5, 5.41) is 0. The van der Waals surface area contributed by atoms with Crippen molar-refractivity contribution < 1.29 is 52.5 Å². The Morgan fingerprint density at radius 1 is 0.619 bits per heavy atom. The molecule has 0 spiro atoms. The Morgan fingerprint density at radius 3 is 1.64 bits per heavy atom. The molecule has 0 saturated carbocycles. The summed E-state index contributed by atoms with van der Waals surface area (Å²) in [7, 11) is 0. The fourth-order valence-electron chi connectivity index (χ4n) is 4.78. The van der Waals surface area contributed by atoms with Crippen LogP contribution in [-0.2, 0) is 49.5 Å². The Kier molecular flexibility index (Phi) is 11.2. The van der Waals surface area contributed by atoms with Crippen LogP contribution in [0.3, 0.4) is 0 Å². The van der Waals surface area contributed by atoms with Crippen LogP contribution in [0.15, 0.2) is 60.7 Å². The van der Waals surface area contributed by atoms with E-state index >= 15 is 0 Å². The van der Waals surface area contributed by atoms with Gasteiger partial charge in [0, 0.05) is 39.7 Å². The maximum Gasteiger partial charge on any atom is 0.411 e. The van der Waals surface area contributed by atoms with Crippen molar-refractivity contribution >= 4 is 35.8 Å². The van der Waals surface area contributed by atoms with Crippen LogP contribution in [0.25, 0.3) is 0 Å². The summed E-state index contributed by atoms with van der Waals surface area (Å²) in [6.45, 7) is 3.75. The Labute approximate surface area is 242 Å². The number of Topliss-reactive ketones (excluding diaryl/α,β-unsaturated/α-hetero) is 1. The van der Waals surface area contributed by atoms with E-state index in [1.807, 2.05) is 0 Å². The minimum absolute atomic E-state index is 0.167. The van der Waals surface area contributed by atoms with Crippen molar-refractivity contribution in [1.29, 1.82) is 0 Å². The van der Waals surface area contributed by atoms with Crippen molar-refractivity contribution in [2.45, 2.75) is 71.1 Å². The fraction of sp³-hybridized carbons (Fsp3) is 0.400. The number of carbonyl (C=O) groups excluding carboxylic acids is 6. The van der Waals surface area contributed by atoms with E-state index < -0.39 is 79.2 Å². The topological polar surface area (TPSA) is 152 Å². The molecule has 224 valence electrons. The number of likely N-dealkylation sites (tertiary alicyclic amines) is 1. The average Bonchev–Trinajstić information content (AvgIpc) is 2.94. The summed E-state index contributed by atoms with van der Waals surface area (Å²) in [4.78, 5) is 76.9. The second-order valence-corrected chi connectivity index (χ2v) is 9.60. The number of rotatable bonds is 10. The molecule has 2 aromatic rings. The largest absolute Gasteiger partial charge is 0.464 e. The minimum Gasteiger partial charge on any atom is -0.464 e. The van der Waals surface area contributed by atoms with Crippen LogP contribution in [0.1, 0.15) is 50.0 Å². The molecule has 0 aromatic heterocycles. The molecule has 1 aliphatic heterocycles. The molecule has 42 heavy (non-hydrogen) atoms. The zero-order valence-corrected chi connectivity index (χ0v) is 23.7. The lowest BCUT2D eigenvalue weighted by molar-refractivity contribution is -0.214. The highest BCUT2D eigenvalue weighted by Crippen LogP contribution is 2.34. The van der Waals surface area contributed by atoms with Gasteiger partial charge in [-0.25, -0.2) is 4.79 Å². The number of carbonyl (C=O) groups is 6. The van der Waals surface area contributed by atoms with E-state index in [1.165, 1.54) is 0 Å². The summed E-state index contributed by atoms with van der Waals surface area (Å²) < 4.78 is 27.4. The molecule has 0 bridgehead atoms. The molecular formula is C30H33NO11. The third-order valence-corrected chi connectivity index (χ3v) is 6.39. The number of ether oxygens (including phenoxy) is 5. The molecule has 1 saturated heterocycles. The predicted molar refractivity (Wildman–Crippen MR) is 145 cm³/mol. The lowest BCUT2D eigenvalue weighted by atomic mass is 9.84. The lowest BCUT2D eigenvalue weighted by Gasteiger charge is -2.50. The number of benzene rings is 2. The van der Waals surface area contributed by atoms with Crippen LogP contribution < -0.4 is 0 Å². The highest BCUT2D eigenvalue weighted by Gasteiger charge is 2.57. The molecular weight excluding hydrogens is 550 g/mol. The van der Waals surface area contributed by atoms with Gasteiger partial charge >= 0.3 is 30.0 Å². The Hall–Kier alpha value is -4.74. The summed E-state index contributed by atoms with van der Waals surface area (Å²) in [5.41, 5.74) is 0.960. The summed E-state index contributed by atoms with van der Waals surface area (Å²) in [6.07, 6.45) is -5.80. The first-order valence-corrected chi connectivity index (χ1v) is 13.2. The van der Waals surface area contributed by atoms with Crippen molar-refractivity contribution in [1.82, 2.24) is 4.90 Å². The molecule has 0 aliphatic carbocycles. The molecule has 1 heterocycles. The average molecular weight is 584 g/mol. The first kappa shape index (κ1) is 31.8. The number of hydrogen-bond donors (Lipinski definition) is 0. The minimum atomic E-state index is -1.47. The number of nitrogens with zero attached hydrogens (tertiary/aromatic N) is 1. The van der Waals surface area contributed by atoms with Crippen molar-refractivity contribution in [2.24, 2.45) is 0 Å². The van der Waals surface area contributed by atoms with Crippen molar-refractivity contribution in [3.63, 3.8) is 0 Å². The predicted octanol–water partition coefficient (Wildman–Crippen LogP) is 3.01. The Balaban J connectivity index is 2.15. The second kappa shape index (κ2) is 14.8. The fourth-order valence-corrected chi connectivity index (χ4v) is 4.78. The molecule has 12 nitrogen and oxygen atoms in total. The summed E-state index contributed by atoms with van der Waals surface area (Å²) >= 11 is 0. The molecule has 0 N–H and O–H groups in total. The van der Waals surface area contributed by atoms with Gasteiger partial charge in [-0.05, 0) is 5.56 Å². The van der Waals surface area contributed by atoms with Gasteiger partial charge in [0.15, 0.2) is 24.1 Å². The molecule has 12 heteroatoms. The zero-order chi connectivity index (χ0) is 30.8. The number of hydrogen-bond acceptors (Lipinski definition) is 11. The normalized spacial score (nSPS) is 21.4. The van der Waals surface area contributed by atoms with Crippen molar-refractivity contribution in [3.8, 4) is 0 Å². The van der Waals surface area contributed by atoms with E-state index in [4.69, 9.17) is 23.7 Å². The molecule has 0 radical (unpaired) electrons. The van der Waals surface area contributed by atoms with Crippen molar-refractivity contribution in [3.05, 3.63) is 71.8 Å². The van der Waals surface area contributed by atoms with Crippen LogP contribution in [0.5, 0.6) is 0 Å². The van der Waals surface area contributed by atoms with Gasteiger partial charge in [0.1, 0.15) is 19.3 Å². The van der Waals surface area contributed by atoms with Gasteiger partial charge in [-0.15, -0.1) is 0 Å². The van der Waals surface area contributed by atoms with Gasteiger partial charge in [0.05, 0.1) is 6.04 Å². The Morgan fingerprint density at radius 2 is 1.12 bits per heavy atom. The standard InChI is InChI=1S/C30H33NO11/c1-18(32)38-17-25-28(41-20(3)34)29(42-21(4)35)27(40-19(2)33)24(15-26(36)23-13-9-6-10-14-23)31(25)30(37)39-16-22-11-7-5-8-12-22/h5-14,24-25,27-29H,15-17H2,1-4H3/t24-,25-,27+,28-,29-/m1/s1. The summed E-state index contributed by atoms with van der Waals surface area (Å²) in [5.74, 6) is -3.58. The van der Waals surface area contributed by atoms with E-state index in [0.717, 1.165) is 32.6 Å². The number of ketones is 1. The monoisotopic (exact) mass is 583 g/mol. The molecule has 1 fully saturated rings. The van der Waals surface area contributed by atoms with E-state index in [-0.39, 0.29) is 6.61 Å². The van der Waals surface area contributed by atoms with Crippen LogP contribution in [-0.4, -0.2) is 77.7 Å². The van der Waals surface area contributed by atoms with Gasteiger partial charge < -0.3 is 23.7 Å². The molecule has 5 atom stereocenters. The van der Waals surface area contributed by atoms with Gasteiger partial charge in [0.25, 0.3) is 0 Å². The van der Waals surface area contributed by atoms with E-state index in [1.54, 1.807) is 60.7 Å². The van der Waals surface area contributed by atoms with Gasteiger partial charge in [-0.3, -0.25) is 28.9 Å². The molecule has 2 aromatic carbocycles. The number of piperidine rings is 1. The van der Waals surface area contributed by atoms with E-state index in [2.05, 4.69) is 0 Å².